The third kappa shape index (κ3) is 4.25. The second kappa shape index (κ2) is 6.53. The molecule has 0 aromatic heterocycles. The maximum Gasteiger partial charge on any atom is 0.236 e. The molecule has 1 fully saturated rings. The summed E-state index contributed by atoms with van der Waals surface area (Å²) in [5.41, 5.74) is 0.497. The summed E-state index contributed by atoms with van der Waals surface area (Å²) in [7, 11) is -1.40. The van der Waals surface area contributed by atoms with Crippen molar-refractivity contribution in [3.8, 4) is 0 Å². The molecule has 1 heterocycles. The van der Waals surface area contributed by atoms with Crippen LogP contribution in [-0.4, -0.2) is 50.4 Å². The average molecular weight is 314 g/mol. The second-order valence-electron chi connectivity index (χ2n) is 5.26. The largest absolute Gasteiger partial charge is 0.341 e. The van der Waals surface area contributed by atoms with Gasteiger partial charge in [0.15, 0.2) is 9.84 Å². The van der Waals surface area contributed by atoms with E-state index in [4.69, 9.17) is 0 Å². The van der Waals surface area contributed by atoms with Crippen LogP contribution in [0.25, 0.3) is 0 Å². The van der Waals surface area contributed by atoms with Crippen molar-refractivity contribution >= 4 is 15.7 Å². The molecule has 5 nitrogen and oxygen atoms in total. The molecule has 0 bridgehead atoms. The standard InChI is InChI=1S/C14H19FN2O3S/c1-17(12-6-7-21(19,20)10-12)14(18)9-16-8-11-4-2-3-5-13(11)15/h2-5,12,16H,6-10H2,1H3. The molecule has 1 aromatic rings. The average Bonchev–Trinajstić information content (AvgIpc) is 2.80. The lowest BCUT2D eigenvalue weighted by Crippen LogP contribution is -2.42. The van der Waals surface area contributed by atoms with E-state index in [1.807, 2.05) is 0 Å². The van der Waals surface area contributed by atoms with Crippen molar-refractivity contribution in [1.82, 2.24) is 10.2 Å². The Morgan fingerprint density at radius 2 is 2.14 bits per heavy atom. The first-order chi connectivity index (χ1) is 9.89. The van der Waals surface area contributed by atoms with Crippen LogP contribution in [0, 0.1) is 5.82 Å². The fourth-order valence-corrected chi connectivity index (χ4v) is 4.13. The molecule has 21 heavy (non-hydrogen) atoms. The number of sulfone groups is 1. The normalized spacial score (nSPS) is 20.4. The van der Waals surface area contributed by atoms with Gasteiger partial charge in [-0.05, 0) is 12.5 Å². The summed E-state index contributed by atoms with van der Waals surface area (Å²) in [4.78, 5) is 13.5. The summed E-state index contributed by atoms with van der Waals surface area (Å²) in [5.74, 6) is -0.332. The quantitative estimate of drug-likeness (QED) is 0.862. The van der Waals surface area contributed by atoms with E-state index in [0.717, 1.165) is 0 Å². The zero-order chi connectivity index (χ0) is 15.5. The van der Waals surface area contributed by atoms with Gasteiger partial charge in [-0.3, -0.25) is 4.79 Å². The van der Waals surface area contributed by atoms with Gasteiger partial charge in [0.1, 0.15) is 5.82 Å². The van der Waals surface area contributed by atoms with Crippen LogP contribution in [0.1, 0.15) is 12.0 Å². The van der Waals surface area contributed by atoms with Crippen LogP contribution in [0.5, 0.6) is 0 Å². The second-order valence-corrected chi connectivity index (χ2v) is 7.49. The number of nitrogens with zero attached hydrogens (tertiary/aromatic N) is 1. The lowest BCUT2D eigenvalue weighted by atomic mass is 10.2. The van der Waals surface area contributed by atoms with E-state index in [1.54, 1.807) is 25.2 Å². The number of nitrogens with one attached hydrogen (secondary N) is 1. The molecule has 1 unspecified atom stereocenters. The van der Waals surface area contributed by atoms with Crippen molar-refractivity contribution in [2.24, 2.45) is 0 Å². The fourth-order valence-electron chi connectivity index (χ4n) is 2.36. The van der Waals surface area contributed by atoms with Gasteiger partial charge in [-0.2, -0.15) is 0 Å². The monoisotopic (exact) mass is 314 g/mol. The highest BCUT2D eigenvalue weighted by Gasteiger charge is 2.32. The Hall–Kier alpha value is -1.47. The highest BCUT2D eigenvalue weighted by atomic mass is 32.2. The zero-order valence-electron chi connectivity index (χ0n) is 11.9. The Kier molecular flexibility index (Phi) is 4.95. The van der Waals surface area contributed by atoms with Gasteiger partial charge in [-0.1, -0.05) is 18.2 Å². The van der Waals surface area contributed by atoms with Crippen LogP contribution in [0.4, 0.5) is 4.39 Å². The predicted octanol–water partition coefficient (Wildman–Crippen LogP) is 0.561. The molecule has 0 aliphatic carbocycles. The van der Waals surface area contributed by atoms with Crippen molar-refractivity contribution in [3.63, 3.8) is 0 Å². The minimum atomic E-state index is -3.01. The van der Waals surface area contributed by atoms with E-state index in [-0.39, 0.29) is 42.4 Å². The van der Waals surface area contributed by atoms with E-state index >= 15 is 0 Å². The maximum absolute atomic E-state index is 13.4. The number of carbonyl (C=O) groups is 1. The summed E-state index contributed by atoms with van der Waals surface area (Å²) < 4.78 is 36.2. The van der Waals surface area contributed by atoms with Crippen molar-refractivity contribution in [2.75, 3.05) is 25.1 Å². The lowest BCUT2D eigenvalue weighted by molar-refractivity contribution is -0.130. The van der Waals surface area contributed by atoms with Crippen LogP contribution >= 0.6 is 0 Å². The molecule has 1 N–H and O–H groups in total. The summed E-state index contributed by atoms with van der Waals surface area (Å²) in [6, 6.07) is 6.11. The molecule has 1 amide bonds. The number of hydrogen-bond donors (Lipinski definition) is 1. The number of benzene rings is 1. The smallest absolute Gasteiger partial charge is 0.236 e. The Labute approximate surface area is 124 Å². The van der Waals surface area contributed by atoms with Crippen molar-refractivity contribution in [1.29, 1.82) is 0 Å². The highest BCUT2D eigenvalue weighted by molar-refractivity contribution is 7.91. The first-order valence-corrected chi connectivity index (χ1v) is 8.61. The van der Waals surface area contributed by atoms with E-state index in [1.165, 1.54) is 11.0 Å². The van der Waals surface area contributed by atoms with Gasteiger partial charge in [-0.15, -0.1) is 0 Å². The molecular formula is C14H19FN2O3S. The summed E-state index contributed by atoms with van der Waals surface area (Å²) in [6.07, 6.45) is 0.484. The SMILES string of the molecule is CN(C(=O)CNCc1ccccc1F)C1CCS(=O)(=O)C1. The van der Waals surface area contributed by atoms with Crippen molar-refractivity contribution in [3.05, 3.63) is 35.6 Å². The van der Waals surface area contributed by atoms with Crippen LogP contribution < -0.4 is 5.32 Å². The summed E-state index contributed by atoms with van der Waals surface area (Å²) >= 11 is 0. The zero-order valence-corrected chi connectivity index (χ0v) is 12.7. The third-order valence-corrected chi connectivity index (χ3v) is 5.45. The number of halogens is 1. The Morgan fingerprint density at radius 1 is 1.43 bits per heavy atom. The molecule has 1 atom stereocenters. The van der Waals surface area contributed by atoms with Gasteiger partial charge in [-0.25, -0.2) is 12.8 Å². The number of amides is 1. The molecule has 116 valence electrons. The molecule has 1 saturated heterocycles. The predicted molar refractivity (Wildman–Crippen MR) is 77.9 cm³/mol. The topological polar surface area (TPSA) is 66.5 Å². The number of rotatable bonds is 5. The molecule has 0 saturated carbocycles. The van der Waals surface area contributed by atoms with Gasteiger partial charge in [0.2, 0.25) is 5.91 Å². The van der Waals surface area contributed by atoms with Crippen LogP contribution in [-0.2, 0) is 21.2 Å². The first-order valence-electron chi connectivity index (χ1n) is 6.79. The van der Waals surface area contributed by atoms with E-state index in [2.05, 4.69) is 5.32 Å². The summed E-state index contributed by atoms with van der Waals surface area (Å²) in [5, 5.41) is 2.89. The number of hydrogen-bond acceptors (Lipinski definition) is 4. The van der Waals surface area contributed by atoms with Crippen LogP contribution in [0.15, 0.2) is 24.3 Å². The number of likely N-dealkylation sites (N-methyl/N-ethyl adjacent to an activating group) is 1. The molecule has 2 rings (SSSR count). The first kappa shape index (κ1) is 15.9. The van der Waals surface area contributed by atoms with Crippen molar-refractivity contribution < 1.29 is 17.6 Å². The Bertz CT molecular complexity index is 618. The fraction of sp³-hybridized carbons (Fsp3) is 0.500. The van der Waals surface area contributed by atoms with E-state index < -0.39 is 9.84 Å². The molecule has 1 aliphatic heterocycles. The van der Waals surface area contributed by atoms with Crippen molar-refractivity contribution in [2.45, 2.75) is 19.0 Å². The third-order valence-electron chi connectivity index (χ3n) is 3.70. The lowest BCUT2D eigenvalue weighted by Gasteiger charge is -2.23. The van der Waals surface area contributed by atoms with Gasteiger partial charge in [0, 0.05) is 25.2 Å². The molecule has 7 heteroatoms. The maximum atomic E-state index is 13.4. The molecule has 1 aromatic carbocycles. The van der Waals surface area contributed by atoms with Gasteiger partial charge in [0.05, 0.1) is 18.1 Å². The Balaban J connectivity index is 1.81. The number of carbonyl (C=O) groups excluding carboxylic acids is 1. The molecule has 1 aliphatic rings. The highest BCUT2D eigenvalue weighted by Crippen LogP contribution is 2.16. The minimum Gasteiger partial charge on any atom is -0.341 e. The van der Waals surface area contributed by atoms with E-state index in [9.17, 15) is 17.6 Å². The molecule has 0 spiro atoms. The summed E-state index contributed by atoms with van der Waals surface area (Å²) in [6.45, 7) is 0.316. The van der Waals surface area contributed by atoms with Gasteiger partial charge >= 0.3 is 0 Å². The molecule has 0 radical (unpaired) electrons. The van der Waals surface area contributed by atoms with Crippen LogP contribution in [0.3, 0.4) is 0 Å². The van der Waals surface area contributed by atoms with E-state index in [0.29, 0.717) is 12.0 Å². The minimum absolute atomic E-state index is 0.0303. The van der Waals surface area contributed by atoms with Gasteiger partial charge < -0.3 is 10.2 Å². The van der Waals surface area contributed by atoms with Crippen LogP contribution in [0.2, 0.25) is 0 Å². The molecular weight excluding hydrogens is 295 g/mol. The Morgan fingerprint density at radius 3 is 2.76 bits per heavy atom. The van der Waals surface area contributed by atoms with Gasteiger partial charge in [0.25, 0.3) is 0 Å².